The number of alkyl halides is 1. The van der Waals surface area contributed by atoms with E-state index in [1.165, 1.54) is 12.1 Å². The maximum absolute atomic E-state index is 13.3. The third-order valence-corrected chi connectivity index (χ3v) is 3.43. The standard InChI is InChI=1S/C15H13ClFN3/c1-9-7-11(17)3-4-13(9)20-14-5-6-18-8-12(14)19-15(20)10(2)16/h3-8,10H,1-2H3. The Morgan fingerprint density at radius 3 is 2.80 bits per heavy atom. The lowest BCUT2D eigenvalue weighted by molar-refractivity contribution is 0.626. The monoisotopic (exact) mass is 289 g/mol. The molecular formula is C15H13ClFN3. The van der Waals surface area contributed by atoms with Gasteiger partial charge in [-0.3, -0.25) is 9.55 Å². The van der Waals surface area contributed by atoms with Crippen molar-refractivity contribution in [2.24, 2.45) is 0 Å². The zero-order valence-corrected chi connectivity index (χ0v) is 11.9. The minimum atomic E-state index is -0.258. The number of aryl methyl sites for hydroxylation is 1. The van der Waals surface area contributed by atoms with Crippen LogP contribution < -0.4 is 0 Å². The molecule has 0 aliphatic heterocycles. The largest absolute Gasteiger partial charge is 0.295 e. The number of aromatic nitrogens is 3. The number of hydrogen-bond acceptors (Lipinski definition) is 2. The molecule has 0 saturated heterocycles. The van der Waals surface area contributed by atoms with E-state index in [-0.39, 0.29) is 11.2 Å². The van der Waals surface area contributed by atoms with E-state index in [0.29, 0.717) is 0 Å². The smallest absolute Gasteiger partial charge is 0.132 e. The number of hydrogen-bond donors (Lipinski definition) is 0. The maximum atomic E-state index is 13.3. The molecule has 102 valence electrons. The lowest BCUT2D eigenvalue weighted by atomic mass is 10.2. The van der Waals surface area contributed by atoms with Gasteiger partial charge in [-0.15, -0.1) is 11.6 Å². The number of rotatable bonds is 2. The maximum Gasteiger partial charge on any atom is 0.132 e. The van der Waals surface area contributed by atoms with E-state index in [9.17, 15) is 4.39 Å². The molecule has 0 radical (unpaired) electrons. The topological polar surface area (TPSA) is 30.7 Å². The van der Waals surface area contributed by atoms with Crippen LogP contribution in [0.2, 0.25) is 0 Å². The molecule has 0 N–H and O–H groups in total. The van der Waals surface area contributed by atoms with Crippen LogP contribution in [0.5, 0.6) is 0 Å². The van der Waals surface area contributed by atoms with Crippen LogP contribution in [0.15, 0.2) is 36.7 Å². The van der Waals surface area contributed by atoms with Crippen molar-refractivity contribution in [3.63, 3.8) is 0 Å². The highest BCUT2D eigenvalue weighted by Gasteiger charge is 2.17. The Morgan fingerprint density at radius 2 is 2.10 bits per heavy atom. The molecule has 0 amide bonds. The highest BCUT2D eigenvalue weighted by atomic mass is 35.5. The van der Waals surface area contributed by atoms with Crippen molar-refractivity contribution in [3.05, 3.63) is 53.9 Å². The Bertz CT molecular complexity index is 780. The van der Waals surface area contributed by atoms with Crippen molar-refractivity contribution in [3.8, 4) is 5.69 Å². The highest BCUT2D eigenvalue weighted by Crippen LogP contribution is 2.29. The first kappa shape index (κ1) is 13.1. The molecule has 0 aliphatic carbocycles. The number of fused-ring (bicyclic) bond motifs is 1. The molecule has 3 rings (SSSR count). The summed E-state index contributed by atoms with van der Waals surface area (Å²) in [4.78, 5) is 8.60. The van der Waals surface area contributed by atoms with Gasteiger partial charge in [0.25, 0.3) is 0 Å². The van der Waals surface area contributed by atoms with Crippen LogP contribution in [-0.4, -0.2) is 14.5 Å². The molecule has 1 unspecified atom stereocenters. The molecule has 2 aromatic heterocycles. The molecule has 3 nitrogen and oxygen atoms in total. The fraction of sp³-hybridized carbons (Fsp3) is 0.200. The number of benzene rings is 1. The molecule has 2 heterocycles. The average Bonchev–Trinajstić information content (AvgIpc) is 2.78. The SMILES string of the molecule is Cc1cc(F)ccc1-n1c(C(C)Cl)nc2cnccc21. The van der Waals surface area contributed by atoms with Crippen LogP contribution in [0.3, 0.4) is 0 Å². The van der Waals surface area contributed by atoms with E-state index < -0.39 is 0 Å². The van der Waals surface area contributed by atoms with Gasteiger partial charge in [-0.1, -0.05) is 0 Å². The van der Waals surface area contributed by atoms with Crippen LogP contribution in [0.1, 0.15) is 23.7 Å². The van der Waals surface area contributed by atoms with Gasteiger partial charge in [0.2, 0.25) is 0 Å². The second-order valence-corrected chi connectivity index (χ2v) is 5.37. The minimum Gasteiger partial charge on any atom is -0.295 e. The summed E-state index contributed by atoms with van der Waals surface area (Å²) in [7, 11) is 0. The first-order valence-corrected chi connectivity index (χ1v) is 6.74. The quantitative estimate of drug-likeness (QED) is 0.663. The predicted octanol–water partition coefficient (Wildman–Crippen LogP) is 4.17. The molecule has 0 saturated carbocycles. The second kappa shape index (κ2) is 4.87. The zero-order chi connectivity index (χ0) is 14.3. The molecule has 5 heteroatoms. The van der Waals surface area contributed by atoms with Crippen LogP contribution in [0, 0.1) is 12.7 Å². The first-order chi connectivity index (χ1) is 9.58. The lowest BCUT2D eigenvalue weighted by Gasteiger charge is -2.13. The lowest BCUT2D eigenvalue weighted by Crippen LogP contribution is -2.04. The van der Waals surface area contributed by atoms with E-state index in [2.05, 4.69) is 9.97 Å². The van der Waals surface area contributed by atoms with Crippen LogP contribution in [0.4, 0.5) is 4.39 Å². The number of nitrogens with zero attached hydrogens (tertiary/aromatic N) is 3. The van der Waals surface area contributed by atoms with Gasteiger partial charge >= 0.3 is 0 Å². The molecule has 0 fully saturated rings. The summed E-state index contributed by atoms with van der Waals surface area (Å²) in [5, 5.41) is -0.258. The third-order valence-electron chi connectivity index (χ3n) is 3.24. The van der Waals surface area contributed by atoms with Crippen LogP contribution >= 0.6 is 11.6 Å². The van der Waals surface area contributed by atoms with E-state index in [1.54, 1.807) is 18.5 Å². The average molecular weight is 290 g/mol. The number of halogens is 2. The molecule has 0 spiro atoms. The van der Waals surface area contributed by atoms with Crippen LogP contribution in [-0.2, 0) is 0 Å². The van der Waals surface area contributed by atoms with E-state index in [4.69, 9.17) is 11.6 Å². The summed E-state index contributed by atoms with van der Waals surface area (Å²) in [6.07, 6.45) is 3.41. The Kier molecular flexibility index (Phi) is 3.18. The van der Waals surface area contributed by atoms with Gasteiger partial charge in [0.15, 0.2) is 0 Å². The van der Waals surface area contributed by atoms with Crippen molar-refractivity contribution in [1.82, 2.24) is 14.5 Å². The van der Waals surface area contributed by atoms with Gasteiger partial charge in [-0.05, 0) is 43.7 Å². The van der Waals surface area contributed by atoms with Gasteiger partial charge in [0, 0.05) is 6.20 Å². The molecule has 3 aromatic rings. The zero-order valence-electron chi connectivity index (χ0n) is 11.1. The van der Waals surface area contributed by atoms with Gasteiger partial charge in [0.05, 0.1) is 22.8 Å². The number of pyridine rings is 1. The second-order valence-electron chi connectivity index (χ2n) is 4.72. The fourth-order valence-corrected chi connectivity index (χ4v) is 2.49. The van der Waals surface area contributed by atoms with E-state index >= 15 is 0 Å². The summed E-state index contributed by atoms with van der Waals surface area (Å²) >= 11 is 6.24. The Hall–Kier alpha value is -1.94. The fourth-order valence-electron chi connectivity index (χ4n) is 2.34. The van der Waals surface area contributed by atoms with Gasteiger partial charge in [-0.25, -0.2) is 9.37 Å². The van der Waals surface area contributed by atoms with Crippen molar-refractivity contribution in [2.75, 3.05) is 0 Å². The summed E-state index contributed by atoms with van der Waals surface area (Å²) < 4.78 is 15.3. The van der Waals surface area contributed by atoms with Crippen molar-refractivity contribution < 1.29 is 4.39 Å². The first-order valence-electron chi connectivity index (χ1n) is 6.31. The summed E-state index contributed by atoms with van der Waals surface area (Å²) in [6, 6.07) is 6.58. The van der Waals surface area contributed by atoms with Crippen molar-refractivity contribution in [1.29, 1.82) is 0 Å². The van der Waals surface area contributed by atoms with Crippen LogP contribution in [0.25, 0.3) is 16.7 Å². The molecule has 20 heavy (non-hydrogen) atoms. The molecule has 1 atom stereocenters. The molecular weight excluding hydrogens is 277 g/mol. The van der Waals surface area contributed by atoms with E-state index in [0.717, 1.165) is 28.1 Å². The highest BCUT2D eigenvalue weighted by molar-refractivity contribution is 6.20. The third kappa shape index (κ3) is 2.06. The summed E-state index contributed by atoms with van der Waals surface area (Å²) in [6.45, 7) is 3.74. The normalized spacial score (nSPS) is 12.8. The summed E-state index contributed by atoms with van der Waals surface area (Å²) in [5.74, 6) is 0.474. The summed E-state index contributed by atoms with van der Waals surface area (Å²) in [5.41, 5.74) is 3.40. The number of imidazole rings is 1. The van der Waals surface area contributed by atoms with Gasteiger partial charge in [0.1, 0.15) is 17.2 Å². The van der Waals surface area contributed by atoms with Crippen molar-refractivity contribution in [2.45, 2.75) is 19.2 Å². The molecule has 0 aliphatic rings. The van der Waals surface area contributed by atoms with Crippen molar-refractivity contribution >= 4 is 22.6 Å². The van der Waals surface area contributed by atoms with Gasteiger partial charge < -0.3 is 0 Å². The Balaban J connectivity index is 2.36. The minimum absolute atomic E-state index is 0.252. The predicted molar refractivity (Wildman–Crippen MR) is 77.8 cm³/mol. The van der Waals surface area contributed by atoms with Gasteiger partial charge in [-0.2, -0.15) is 0 Å². The molecule has 0 bridgehead atoms. The van der Waals surface area contributed by atoms with E-state index in [1.807, 2.05) is 24.5 Å². The Labute approximate surface area is 121 Å². The Morgan fingerprint density at radius 1 is 1.30 bits per heavy atom. The molecule has 1 aromatic carbocycles.